The van der Waals surface area contributed by atoms with Gasteiger partial charge in [-0.05, 0) is 32.1 Å². The van der Waals surface area contributed by atoms with Crippen molar-refractivity contribution in [2.45, 2.75) is 33.1 Å². The Morgan fingerprint density at radius 3 is 2.50 bits per heavy atom. The molecule has 0 spiro atoms. The van der Waals surface area contributed by atoms with Gasteiger partial charge in [-0.15, -0.1) is 0 Å². The van der Waals surface area contributed by atoms with E-state index in [1.54, 1.807) is 0 Å². The molecule has 1 atom stereocenters. The van der Waals surface area contributed by atoms with E-state index < -0.39 is 0 Å². The van der Waals surface area contributed by atoms with Crippen LogP contribution < -0.4 is 0 Å². The molecule has 72 valence electrons. The maximum absolute atomic E-state index is 8.70. The first-order valence-corrected chi connectivity index (χ1v) is 4.58. The van der Waals surface area contributed by atoms with E-state index in [1.807, 2.05) is 6.92 Å². The van der Waals surface area contributed by atoms with E-state index >= 15 is 0 Å². The molecule has 0 bridgehead atoms. The Hall–Kier alpha value is -0.340. The quantitative estimate of drug-likeness (QED) is 0.599. The van der Waals surface area contributed by atoms with Crippen LogP contribution in [-0.2, 0) is 0 Å². The lowest BCUT2D eigenvalue weighted by molar-refractivity contribution is 0.259. The van der Waals surface area contributed by atoms with Crippen LogP contribution in [0.2, 0.25) is 0 Å². The fourth-order valence-corrected chi connectivity index (χ4v) is 1.04. The molecular formula is C10H20O2. The van der Waals surface area contributed by atoms with Crippen molar-refractivity contribution in [3.63, 3.8) is 0 Å². The number of aliphatic hydroxyl groups is 2. The van der Waals surface area contributed by atoms with Crippen LogP contribution in [0.25, 0.3) is 0 Å². The molecule has 2 N–H and O–H groups in total. The smallest absolute Gasteiger partial charge is 0.0639 e. The minimum Gasteiger partial charge on any atom is -0.396 e. The molecule has 0 heterocycles. The number of hydrogen-bond donors (Lipinski definition) is 2. The van der Waals surface area contributed by atoms with Gasteiger partial charge in [0.25, 0.3) is 0 Å². The molecule has 0 aromatic carbocycles. The Morgan fingerprint density at radius 2 is 2.00 bits per heavy atom. The summed E-state index contributed by atoms with van der Waals surface area (Å²) in [6.07, 6.45) is 5.05. The SMILES string of the molecule is C/C(=C\CCC(C)CCO)CO. The predicted octanol–water partition coefficient (Wildman–Crippen LogP) is 1.72. The number of hydrogen-bond acceptors (Lipinski definition) is 2. The average molecular weight is 172 g/mol. The average Bonchev–Trinajstić information content (AvgIpc) is 2.04. The Morgan fingerprint density at radius 1 is 1.33 bits per heavy atom. The maximum atomic E-state index is 8.70. The van der Waals surface area contributed by atoms with E-state index in [2.05, 4.69) is 13.0 Å². The molecule has 0 fully saturated rings. The van der Waals surface area contributed by atoms with Crippen LogP contribution in [0.3, 0.4) is 0 Å². The van der Waals surface area contributed by atoms with Gasteiger partial charge < -0.3 is 10.2 Å². The molecule has 0 saturated carbocycles. The fraction of sp³-hybridized carbons (Fsp3) is 0.800. The molecule has 2 heteroatoms. The highest BCUT2D eigenvalue weighted by Crippen LogP contribution is 2.10. The molecule has 1 unspecified atom stereocenters. The van der Waals surface area contributed by atoms with Gasteiger partial charge in [0, 0.05) is 6.61 Å². The molecule has 0 amide bonds. The van der Waals surface area contributed by atoms with Crippen LogP contribution in [0.15, 0.2) is 11.6 Å². The van der Waals surface area contributed by atoms with Crippen LogP contribution >= 0.6 is 0 Å². The van der Waals surface area contributed by atoms with Gasteiger partial charge in [-0.1, -0.05) is 18.6 Å². The molecule has 0 aromatic rings. The third-order valence-electron chi connectivity index (χ3n) is 2.02. The van der Waals surface area contributed by atoms with Crippen molar-refractivity contribution in [3.05, 3.63) is 11.6 Å². The Bertz CT molecular complexity index is 130. The monoisotopic (exact) mass is 172 g/mol. The highest BCUT2D eigenvalue weighted by atomic mass is 16.3. The summed E-state index contributed by atoms with van der Waals surface area (Å²) < 4.78 is 0. The van der Waals surface area contributed by atoms with E-state index in [0.29, 0.717) is 5.92 Å². The summed E-state index contributed by atoms with van der Waals surface area (Å²) in [5.74, 6) is 0.581. The summed E-state index contributed by atoms with van der Waals surface area (Å²) in [7, 11) is 0. The number of aliphatic hydroxyl groups excluding tert-OH is 2. The van der Waals surface area contributed by atoms with Crippen LogP contribution in [0.4, 0.5) is 0 Å². The van der Waals surface area contributed by atoms with Crippen LogP contribution in [0.5, 0.6) is 0 Å². The normalized spacial score (nSPS) is 14.8. The lowest BCUT2D eigenvalue weighted by Gasteiger charge is -2.06. The van der Waals surface area contributed by atoms with Crippen molar-refractivity contribution in [2.75, 3.05) is 13.2 Å². The van der Waals surface area contributed by atoms with Crippen LogP contribution in [-0.4, -0.2) is 23.4 Å². The van der Waals surface area contributed by atoms with Gasteiger partial charge in [-0.2, -0.15) is 0 Å². The Balaban J connectivity index is 3.41. The zero-order chi connectivity index (χ0) is 9.40. The molecule has 0 aromatic heterocycles. The minimum absolute atomic E-state index is 0.161. The standard InChI is InChI=1S/C10H20O2/c1-9(6-7-11)4-3-5-10(2)8-12/h5,9,11-12H,3-4,6-8H2,1-2H3/b10-5+. The topological polar surface area (TPSA) is 40.5 Å². The Kier molecular flexibility index (Phi) is 7.11. The van der Waals surface area contributed by atoms with E-state index in [1.165, 1.54) is 0 Å². The first-order valence-electron chi connectivity index (χ1n) is 4.58. The highest BCUT2D eigenvalue weighted by molar-refractivity contribution is 4.97. The van der Waals surface area contributed by atoms with E-state index in [-0.39, 0.29) is 13.2 Å². The van der Waals surface area contributed by atoms with Crippen molar-refractivity contribution in [3.8, 4) is 0 Å². The highest BCUT2D eigenvalue weighted by Gasteiger charge is 1.98. The number of rotatable bonds is 6. The third kappa shape index (κ3) is 6.38. The lowest BCUT2D eigenvalue weighted by atomic mass is 10.0. The van der Waals surface area contributed by atoms with Crippen molar-refractivity contribution < 1.29 is 10.2 Å². The van der Waals surface area contributed by atoms with Crippen molar-refractivity contribution >= 4 is 0 Å². The van der Waals surface area contributed by atoms with Crippen molar-refractivity contribution in [1.82, 2.24) is 0 Å². The first-order chi connectivity index (χ1) is 5.70. The van der Waals surface area contributed by atoms with Gasteiger partial charge in [0.15, 0.2) is 0 Å². The zero-order valence-electron chi connectivity index (χ0n) is 8.08. The van der Waals surface area contributed by atoms with E-state index in [0.717, 1.165) is 24.8 Å². The minimum atomic E-state index is 0.161. The van der Waals surface area contributed by atoms with Gasteiger partial charge in [-0.25, -0.2) is 0 Å². The predicted molar refractivity (Wildman–Crippen MR) is 50.9 cm³/mol. The third-order valence-corrected chi connectivity index (χ3v) is 2.02. The summed E-state index contributed by atoms with van der Waals surface area (Å²) in [5, 5.41) is 17.3. The van der Waals surface area contributed by atoms with Crippen molar-refractivity contribution in [1.29, 1.82) is 0 Å². The largest absolute Gasteiger partial charge is 0.396 e. The maximum Gasteiger partial charge on any atom is 0.0639 e. The first kappa shape index (κ1) is 11.7. The van der Waals surface area contributed by atoms with Gasteiger partial charge in [0.05, 0.1) is 6.61 Å². The number of allylic oxidation sites excluding steroid dienone is 1. The van der Waals surface area contributed by atoms with Crippen LogP contribution in [0, 0.1) is 5.92 Å². The molecular weight excluding hydrogens is 152 g/mol. The van der Waals surface area contributed by atoms with Gasteiger partial charge in [0.1, 0.15) is 0 Å². The molecule has 0 saturated heterocycles. The lowest BCUT2D eigenvalue weighted by Crippen LogP contribution is -1.97. The second-order valence-electron chi connectivity index (χ2n) is 3.40. The molecule has 12 heavy (non-hydrogen) atoms. The summed E-state index contributed by atoms with van der Waals surface area (Å²) >= 11 is 0. The Labute approximate surface area is 74.9 Å². The fourth-order valence-electron chi connectivity index (χ4n) is 1.04. The summed E-state index contributed by atoms with van der Waals surface area (Å²) in [4.78, 5) is 0. The molecule has 0 rings (SSSR count). The van der Waals surface area contributed by atoms with Crippen molar-refractivity contribution in [2.24, 2.45) is 5.92 Å². The molecule has 0 radical (unpaired) electrons. The molecule has 2 nitrogen and oxygen atoms in total. The summed E-state index contributed by atoms with van der Waals surface area (Å²) in [6, 6.07) is 0. The zero-order valence-corrected chi connectivity index (χ0v) is 8.08. The van der Waals surface area contributed by atoms with E-state index in [4.69, 9.17) is 10.2 Å². The molecule has 0 aliphatic carbocycles. The van der Waals surface area contributed by atoms with Crippen LogP contribution in [0.1, 0.15) is 33.1 Å². The summed E-state index contributed by atoms with van der Waals surface area (Å²) in [5.41, 5.74) is 1.03. The van der Waals surface area contributed by atoms with Gasteiger partial charge in [-0.3, -0.25) is 0 Å². The second kappa shape index (κ2) is 7.32. The molecule has 0 aliphatic rings. The molecule has 0 aliphatic heterocycles. The van der Waals surface area contributed by atoms with Gasteiger partial charge in [0.2, 0.25) is 0 Å². The second-order valence-corrected chi connectivity index (χ2v) is 3.40. The van der Waals surface area contributed by atoms with E-state index in [9.17, 15) is 0 Å². The summed E-state index contributed by atoms with van der Waals surface area (Å²) in [6.45, 7) is 4.51. The van der Waals surface area contributed by atoms with Gasteiger partial charge >= 0.3 is 0 Å².